The van der Waals surface area contributed by atoms with Crippen LogP contribution >= 0.6 is 0 Å². The number of rotatable bonds is 1. The van der Waals surface area contributed by atoms with Crippen molar-refractivity contribution in [3.8, 4) is 0 Å². The van der Waals surface area contributed by atoms with Crippen molar-refractivity contribution in [1.29, 1.82) is 0 Å². The van der Waals surface area contributed by atoms with Gasteiger partial charge >= 0.3 is 11.7 Å². The van der Waals surface area contributed by atoms with Crippen LogP contribution in [0, 0.1) is 5.41 Å². The van der Waals surface area contributed by atoms with E-state index in [0.717, 1.165) is 15.2 Å². The predicted octanol–water partition coefficient (Wildman–Crippen LogP) is 1.60. The van der Waals surface area contributed by atoms with Crippen LogP contribution in [0.25, 0.3) is 11.0 Å². The summed E-state index contributed by atoms with van der Waals surface area (Å²) >= 11 is 0. The number of anilines is 1. The molecule has 1 spiro atoms. The van der Waals surface area contributed by atoms with Crippen molar-refractivity contribution in [2.75, 3.05) is 25.5 Å². The first kappa shape index (κ1) is 18.2. The highest BCUT2D eigenvalue weighted by atomic mass is 16.4. The number of benzene rings is 1. The van der Waals surface area contributed by atoms with E-state index >= 15 is 0 Å². The minimum Gasteiger partial charge on any atom is -0.422 e. The average Bonchev–Trinajstić information content (AvgIpc) is 2.70. The maximum Gasteiger partial charge on any atom is 0.341 e. The lowest BCUT2D eigenvalue weighted by Crippen LogP contribution is -2.71. The van der Waals surface area contributed by atoms with Crippen LogP contribution in [0.4, 0.5) is 10.5 Å². The van der Waals surface area contributed by atoms with Gasteiger partial charge in [0.05, 0.1) is 11.3 Å². The van der Waals surface area contributed by atoms with Gasteiger partial charge in [-0.2, -0.15) is 0 Å². The van der Waals surface area contributed by atoms with Crippen molar-refractivity contribution in [2.45, 2.75) is 26.3 Å². The third-order valence-corrected chi connectivity index (χ3v) is 6.09. The molecule has 0 saturated carbocycles. The Morgan fingerprint density at radius 2 is 1.68 bits per heavy atom. The van der Waals surface area contributed by atoms with Gasteiger partial charge in [0.2, 0.25) is 11.8 Å². The number of para-hydroxylation sites is 1. The van der Waals surface area contributed by atoms with Gasteiger partial charge in [-0.3, -0.25) is 19.4 Å². The molecule has 1 fully saturated rings. The van der Waals surface area contributed by atoms with Gasteiger partial charge < -0.3 is 9.32 Å². The quantitative estimate of drug-likeness (QED) is 0.549. The van der Waals surface area contributed by atoms with Crippen LogP contribution in [0.1, 0.15) is 19.4 Å². The maximum atomic E-state index is 13.2. The zero-order valence-electron chi connectivity index (χ0n) is 16.2. The number of nitrogens with zero attached hydrogens (tertiary/aromatic N) is 3. The Balaban J connectivity index is 2.03. The second-order valence-electron chi connectivity index (χ2n) is 7.33. The van der Waals surface area contributed by atoms with E-state index in [2.05, 4.69) is 0 Å². The number of imide groups is 2. The van der Waals surface area contributed by atoms with Crippen LogP contribution in [-0.2, 0) is 16.0 Å². The third kappa shape index (κ3) is 2.05. The van der Waals surface area contributed by atoms with Gasteiger partial charge in [0.25, 0.3) is 0 Å². The summed E-state index contributed by atoms with van der Waals surface area (Å²) in [5.41, 5.74) is -0.691. The Bertz CT molecular complexity index is 1060. The second-order valence-corrected chi connectivity index (χ2v) is 7.33. The predicted molar refractivity (Wildman–Crippen MR) is 102 cm³/mol. The second kappa shape index (κ2) is 5.92. The molecule has 0 radical (unpaired) electrons. The van der Waals surface area contributed by atoms with Crippen LogP contribution < -0.4 is 10.5 Å². The number of fused-ring (bicyclic) bond motifs is 3. The van der Waals surface area contributed by atoms with E-state index in [9.17, 15) is 19.2 Å². The third-order valence-electron chi connectivity index (χ3n) is 6.09. The number of hydrogen-bond acceptors (Lipinski definition) is 6. The molecule has 146 valence electrons. The van der Waals surface area contributed by atoms with Crippen molar-refractivity contribution in [1.82, 2.24) is 9.80 Å². The fourth-order valence-corrected chi connectivity index (χ4v) is 4.57. The van der Waals surface area contributed by atoms with Crippen molar-refractivity contribution in [2.24, 2.45) is 5.41 Å². The standard InChI is InChI=1S/C20H21N3O5/c1-5-23-11(2)20(17(25)21(3)19(27)22(4)18(20)26)10-13-15(23)12-8-6-7-9-14(12)28-16(13)24/h6-9,11H,5,10H2,1-4H3. The van der Waals surface area contributed by atoms with Crippen LogP contribution in [0.2, 0.25) is 0 Å². The molecule has 2 aliphatic heterocycles. The van der Waals surface area contributed by atoms with Gasteiger partial charge in [-0.05, 0) is 26.0 Å². The van der Waals surface area contributed by atoms with E-state index in [4.69, 9.17) is 4.42 Å². The summed E-state index contributed by atoms with van der Waals surface area (Å²) in [5.74, 6) is -1.19. The number of carbonyl (C=O) groups is 3. The molecule has 0 bridgehead atoms. The molecule has 8 nitrogen and oxygen atoms in total. The van der Waals surface area contributed by atoms with Crippen molar-refractivity contribution >= 4 is 34.5 Å². The monoisotopic (exact) mass is 383 g/mol. The van der Waals surface area contributed by atoms with Gasteiger partial charge in [-0.25, -0.2) is 9.59 Å². The molecular weight excluding hydrogens is 362 g/mol. The lowest BCUT2D eigenvalue weighted by Gasteiger charge is -2.51. The summed E-state index contributed by atoms with van der Waals surface area (Å²) in [6.45, 7) is 4.17. The van der Waals surface area contributed by atoms with E-state index in [-0.39, 0.29) is 12.0 Å². The molecule has 1 aromatic carbocycles. The fourth-order valence-electron chi connectivity index (χ4n) is 4.57. The number of carbonyl (C=O) groups excluding carboxylic acids is 3. The summed E-state index contributed by atoms with van der Waals surface area (Å²) in [7, 11) is 2.72. The van der Waals surface area contributed by atoms with Crippen molar-refractivity contribution in [3.63, 3.8) is 0 Å². The highest BCUT2D eigenvalue weighted by Gasteiger charge is 2.62. The van der Waals surface area contributed by atoms with Gasteiger partial charge in [0, 0.05) is 38.5 Å². The van der Waals surface area contributed by atoms with Gasteiger partial charge in [-0.1, -0.05) is 12.1 Å². The molecule has 0 N–H and O–H groups in total. The summed E-state index contributed by atoms with van der Waals surface area (Å²) in [6, 6.07) is 5.99. The van der Waals surface area contributed by atoms with E-state index in [1.54, 1.807) is 19.1 Å². The Labute approximate surface area is 161 Å². The molecule has 1 atom stereocenters. The minimum atomic E-state index is -1.56. The number of hydrogen-bond donors (Lipinski definition) is 0. The van der Waals surface area contributed by atoms with E-state index in [0.29, 0.717) is 17.8 Å². The van der Waals surface area contributed by atoms with E-state index in [1.165, 1.54) is 14.1 Å². The number of urea groups is 1. The van der Waals surface area contributed by atoms with Gasteiger partial charge in [0.1, 0.15) is 5.58 Å². The van der Waals surface area contributed by atoms with E-state index < -0.39 is 34.9 Å². The Morgan fingerprint density at radius 3 is 2.29 bits per heavy atom. The molecule has 3 heterocycles. The molecule has 1 aromatic heterocycles. The van der Waals surface area contributed by atoms with Crippen molar-refractivity contribution < 1.29 is 18.8 Å². The van der Waals surface area contributed by atoms with Crippen LogP contribution in [0.5, 0.6) is 0 Å². The molecule has 8 heteroatoms. The lowest BCUT2D eigenvalue weighted by atomic mass is 9.69. The maximum absolute atomic E-state index is 13.2. The molecule has 1 saturated heterocycles. The summed E-state index contributed by atoms with van der Waals surface area (Å²) < 4.78 is 5.47. The fraction of sp³-hybridized carbons (Fsp3) is 0.400. The molecule has 1 unspecified atom stereocenters. The SMILES string of the molecule is CCN1c2c(c(=O)oc3ccccc23)CC2(C(=O)N(C)C(=O)N(C)C2=O)C1C. The normalized spacial score (nSPS) is 21.6. The van der Waals surface area contributed by atoms with Crippen LogP contribution in [-0.4, -0.2) is 54.3 Å². The molecule has 2 aliphatic rings. The van der Waals surface area contributed by atoms with Gasteiger partial charge in [-0.15, -0.1) is 0 Å². The number of amides is 4. The smallest absolute Gasteiger partial charge is 0.341 e. The molecule has 28 heavy (non-hydrogen) atoms. The molecule has 4 rings (SSSR count). The Kier molecular flexibility index (Phi) is 3.85. The molecule has 2 aromatic rings. The Hall–Kier alpha value is -3.16. The largest absolute Gasteiger partial charge is 0.422 e. The van der Waals surface area contributed by atoms with Crippen LogP contribution in [0.3, 0.4) is 0 Å². The molecule has 0 aliphatic carbocycles. The van der Waals surface area contributed by atoms with E-state index in [1.807, 2.05) is 24.0 Å². The Morgan fingerprint density at radius 1 is 1.07 bits per heavy atom. The summed E-state index contributed by atoms with van der Waals surface area (Å²) in [6.07, 6.45) is -0.104. The average molecular weight is 383 g/mol. The van der Waals surface area contributed by atoms with Crippen molar-refractivity contribution in [3.05, 3.63) is 40.2 Å². The molecule has 4 amide bonds. The first-order valence-electron chi connectivity index (χ1n) is 9.17. The van der Waals surface area contributed by atoms with Crippen LogP contribution in [0.15, 0.2) is 33.5 Å². The summed E-state index contributed by atoms with van der Waals surface area (Å²) in [4.78, 5) is 55.3. The number of barbiturate groups is 1. The molecular formula is C20H21N3O5. The highest BCUT2D eigenvalue weighted by Crippen LogP contribution is 2.46. The minimum absolute atomic E-state index is 0.104. The topological polar surface area (TPSA) is 91.1 Å². The first-order chi connectivity index (χ1) is 13.3. The zero-order chi connectivity index (χ0) is 20.4. The zero-order valence-corrected chi connectivity index (χ0v) is 16.2. The summed E-state index contributed by atoms with van der Waals surface area (Å²) in [5, 5.41) is 0.758. The van der Waals surface area contributed by atoms with Gasteiger partial charge in [0.15, 0.2) is 5.41 Å². The first-order valence-corrected chi connectivity index (χ1v) is 9.17. The lowest BCUT2D eigenvalue weighted by molar-refractivity contribution is -0.158. The highest BCUT2D eigenvalue weighted by molar-refractivity contribution is 6.20.